The molecule has 0 atom stereocenters. The molecular formula is C22H27F3N4O. The number of nitrogens with zero attached hydrogens (tertiary/aromatic N) is 3. The Balaban J connectivity index is 1.75. The summed E-state index contributed by atoms with van der Waals surface area (Å²) in [5, 5.41) is 2.66. The molecular weight excluding hydrogens is 393 g/mol. The minimum atomic E-state index is -4.46. The Morgan fingerprint density at radius 2 is 2.00 bits per heavy atom. The normalized spacial score (nSPS) is 15.7. The van der Waals surface area contributed by atoms with Crippen LogP contribution >= 0.6 is 0 Å². The van der Waals surface area contributed by atoms with Crippen LogP contribution in [0.15, 0.2) is 48.8 Å². The number of pyridine rings is 1. The first-order valence-electron chi connectivity index (χ1n) is 10.2. The number of urea groups is 1. The summed E-state index contributed by atoms with van der Waals surface area (Å²) in [7, 11) is 0. The van der Waals surface area contributed by atoms with E-state index in [1.165, 1.54) is 12.1 Å². The van der Waals surface area contributed by atoms with Crippen molar-refractivity contribution in [2.45, 2.75) is 44.9 Å². The molecule has 0 aliphatic carbocycles. The van der Waals surface area contributed by atoms with Crippen molar-refractivity contribution in [1.82, 2.24) is 14.8 Å². The van der Waals surface area contributed by atoms with E-state index in [2.05, 4.69) is 22.1 Å². The van der Waals surface area contributed by atoms with E-state index in [9.17, 15) is 18.0 Å². The van der Waals surface area contributed by atoms with E-state index < -0.39 is 17.8 Å². The Hall–Kier alpha value is -2.61. The van der Waals surface area contributed by atoms with Crippen LogP contribution < -0.4 is 5.32 Å². The molecule has 8 heteroatoms. The number of carbonyl (C=O) groups is 1. The molecule has 162 valence electrons. The third kappa shape index (κ3) is 5.95. The molecule has 0 saturated carbocycles. The highest BCUT2D eigenvalue weighted by molar-refractivity contribution is 5.89. The van der Waals surface area contributed by atoms with E-state index in [-0.39, 0.29) is 11.7 Å². The van der Waals surface area contributed by atoms with Gasteiger partial charge in [0.15, 0.2) is 0 Å². The Labute approximate surface area is 174 Å². The number of alkyl halides is 3. The maximum Gasteiger partial charge on any atom is 0.416 e. The molecule has 1 aromatic carbocycles. The van der Waals surface area contributed by atoms with Crippen LogP contribution in [0, 0.1) is 0 Å². The summed E-state index contributed by atoms with van der Waals surface area (Å²) in [4.78, 5) is 21.3. The van der Waals surface area contributed by atoms with Crippen molar-refractivity contribution >= 4 is 11.7 Å². The van der Waals surface area contributed by atoms with Crippen LogP contribution in [-0.4, -0.2) is 46.5 Å². The minimum Gasteiger partial charge on any atom is -0.317 e. The van der Waals surface area contributed by atoms with E-state index >= 15 is 0 Å². The molecule has 3 rings (SSSR count). The van der Waals surface area contributed by atoms with Gasteiger partial charge in [0, 0.05) is 43.8 Å². The van der Waals surface area contributed by atoms with Crippen molar-refractivity contribution in [3.63, 3.8) is 0 Å². The summed E-state index contributed by atoms with van der Waals surface area (Å²) in [6.07, 6.45) is 1.66. The molecule has 0 spiro atoms. The van der Waals surface area contributed by atoms with Gasteiger partial charge in [0.25, 0.3) is 0 Å². The van der Waals surface area contributed by atoms with Crippen molar-refractivity contribution in [3.05, 3.63) is 59.9 Å². The van der Waals surface area contributed by atoms with E-state index in [4.69, 9.17) is 0 Å². The summed E-state index contributed by atoms with van der Waals surface area (Å²) in [6.45, 7) is 5.34. The van der Waals surface area contributed by atoms with Crippen molar-refractivity contribution in [3.8, 4) is 0 Å². The topological polar surface area (TPSA) is 48.5 Å². The quantitative estimate of drug-likeness (QED) is 0.715. The number of amides is 2. The Kier molecular flexibility index (Phi) is 7.31. The zero-order chi connectivity index (χ0) is 21.6. The van der Waals surface area contributed by atoms with E-state index in [0.717, 1.165) is 56.6 Å². The highest BCUT2D eigenvalue weighted by Crippen LogP contribution is 2.31. The van der Waals surface area contributed by atoms with Gasteiger partial charge in [-0.2, -0.15) is 13.2 Å². The average molecular weight is 420 g/mol. The lowest BCUT2D eigenvalue weighted by atomic mass is 10.0. The third-order valence-corrected chi connectivity index (χ3v) is 5.32. The first-order chi connectivity index (χ1) is 14.4. The van der Waals surface area contributed by atoms with Crippen molar-refractivity contribution in [2.24, 2.45) is 0 Å². The van der Waals surface area contributed by atoms with Gasteiger partial charge in [-0.15, -0.1) is 0 Å². The maximum absolute atomic E-state index is 13.1. The molecule has 1 saturated heterocycles. The predicted molar refractivity (Wildman–Crippen MR) is 110 cm³/mol. The SMILES string of the molecule is CCCN1CCC(N(Cc2cccnc2)C(=O)Nc2cccc(C(F)(F)F)c2)CC1. The lowest BCUT2D eigenvalue weighted by molar-refractivity contribution is -0.137. The van der Waals surface area contributed by atoms with Gasteiger partial charge >= 0.3 is 12.2 Å². The number of carbonyl (C=O) groups excluding carboxylic acids is 1. The number of anilines is 1. The molecule has 0 radical (unpaired) electrons. The molecule has 30 heavy (non-hydrogen) atoms. The number of nitrogens with one attached hydrogen (secondary N) is 1. The summed E-state index contributed by atoms with van der Waals surface area (Å²) >= 11 is 0. The zero-order valence-corrected chi connectivity index (χ0v) is 17.0. The maximum atomic E-state index is 13.1. The lowest BCUT2D eigenvalue weighted by Crippen LogP contribution is -2.48. The largest absolute Gasteiger partial charge is 0.416 e. The third-order valence-electron chi connectivity index (χ3n) is 5.32. The molecule has 2 amide bonds. The van der Waals surface area contributed by atoms with Gasteiger partial charge in [-0.3, -0.25) is 4.98 Å². The van der Waals surface area contributed by atoms with Gasteiger partial charge in [-0.1, -0.05) is 19.1 Å². The molecule has 1 N–H and O–H groups in total. The number of aromatic nitrogens is 1. The van der Waals surface area contributed by atoms with Crippen molar-refractivity contribution in [2.75, 3.05) is 25.0 Å². The highest BCUT2D eigenvalue weighted by Gasteiger charge is 2.31. The Bertz CT molecular complexity index is 821. The fourth-order valence-corrected chi connectivity index (χ4v) is 3.79. The molecule has 0 bridgehead atoms. The number of hydrogen-bond acceptors (Lipinski definition) is 3. The number of rotatable bonds is 6. The monoisotopic (exact) mass is 420 g/mol. The van der Waals surface area contributed by atoms with Gasteiger partial charge in [-0.05, 0) is 55.6 Å². The van der Waals surface area contributed by atoms with Crippen LogP contribution in [0.25, 0.3) is 0 Å². The van der Waals surface area contributed by atoms with E-state index in [1.807, 2.05) is 12.1 Å². The van der Waals surface area contributed by atoms with Gasteiger partial charge in [-0.25, -0.2) is 4.79 Å². The minimum absolute atomic E-state index is 0.0177. The first kappa shape index (κ1) is 22.1. The second-order valence-corrected chi connectivity index (χ2v) is 7.57. The number of piperidine rings is 1. The van der Waals surface area contributed by atoms with Gasteiger partial charge in [0.05, 0.1) is 5.56 Å². The van der Waals surface area contributed by atoms with Crippen LogP contribution in [0.5, 0.6) is 0 Å². The molecule has 1 aromatic heterocycles. The van der Waals surface area contributed by atoms with Gasteiger partial charge in [0.2, 0.25) is 0 Å². The number of likely N-dealkylation sites (tertiary alicyclic amines) is 1. The second-order valence-electron chi connectivity index (χ2n) is 7.57. The van der Waals surface area contributed by atoms with Gasteiger partial charge in [0.1, 0.15) is 0 Å². The second kappa shape index (κ2) is 9.93. The van der Waals surface area contributed by atoms with Crippen LogP contribution in [0.2, 0.25) is 0 Å². The summed E-state index contributed by atoms with van der Waals surface area (Å²) in [5.41, 5.74) is 0.231. The summed E-state index contributed by atoms with van der Waals surface area (Å²) in [6, 6.07) is 8.05. The molecule has 2 heterocycles. The number of halogens is 3. The van der Waals surface area contributed by atoms with Crippen LogP contribution in [-0.2, 0) is 12.7 Å². The molecule has 1 aliphatic heterocycles. The lowest BCUT2D eigenvalue weighted by Gasteiger charge is -2.38. The Morgan fingerprint density at radius 1 is 1.23 bits per heavy atom. The molecule has 2 aromatic rings. The van der Waals surface area contributed by atoms with Crippen molar-refractivity contribution < 1.29 is 18.0 Å². The summed E-state index contributed by atoms with van der Waals surface area (Å²) < 4.78 is 39.0. The fraction of sp³-hybridized carbons (Fsp3) is 0.455. The zero-order valence-electron chi connectivity index (χ0n) is 17.0. The van der Waals surface area contributed by atoms with Crippen molar-refractivity contribution in [1.29, 1.82) is 0 Å². The molecule has 5 nitrogen and oxygen atoms in total. The standard InChI is InChI=1S/C22H27F3N4O/c1-2-11-28-12-8-20(9-13-28)29(16-17-5-4-10-26-15-17)21(30)27-19-7-3-6-18(14-19)22(23,24)25/h3-7,10,14-15,20H,2,8-9,11-13,16H2,1H3,(H,27,30). The smallest absolute Gasteiger partial charge is 0.317 e. The fourth-order valence-electron chi connectivity index (χ4n) is 3.79. The van der Waals surface area contributed by atoms with E-state index in [1.54, 1.807) is 17.3 Å². The van der Waals surface area contributed by atoms with Crippen LogP contribution in [0.1, 0.15) is 37.3 Å². The van der Waals surface area contributed by atoms with Crippen LogP contribution in [0.3, 0.4) is 0 Å². The average Bonchev–Trinajstić information content (AvgIpc) is 2.73. The Morgan fingerprint density at radius 3 is 2.63 bits per heavy atom. The van der Waals surface area contributed by atoms with E-state index in [0.29, 0.717) is 6.54 Å². The predicted octanol–water partition coefficient (Wildman–Crippen LogP) is 5.01. The number of hydrogen-bond donors (Lipinski definition) is 1. The molecule has 1 fully saturated rings. The van der Waals surface area contributed by atoms with Gasteiger partial charge < -0.3 is 15.1 Å². The highest BCUT2D eigenvalue weighted by atomic mass is 19.4. The molecule has 1 aliphatic rings. The molecule has 0 unspecified atom stereocenters. The van der Waals surface area contributed by atoms with Crippen LogP contribution in [0.4, 0.5) is 23.7 Å². The summed E-state index contributed by atoms with van der Waals surface area (Å²) in [5.74, 6) is 0. The first-order valence-corrected chi connectivity index (χ1v) is 10.2. The number of benzene rings is 1.